The first-order valence-electron chi connectivity index (χ1n) is 8.27. The highest BCUT2D eigenvalue weighted by Crippen LogP contribution is 2.43. The average Bonchev–Trinajstić information content (AvgIpc) is 2.39. The van der Waals surface area contributed by atoms with Crippen LogP contribution in [0.5, 0.6) is 0 Å². The predicted octanol–water partition coefficient (Wildman–Crippen LogP) is 3.20. The van der Waals surface area contributed by atoms with E-state index >= 15 is 0 Å². The van der Waals surface area contributed by atoms with E-state index in [2.05, 4.69) is 0 Å². The monoisotopic (exact) mass is 340 g/mol. The van der Waals surface area contributed by atoms with E-state index in [1.807, 2.05) is 28.1 Å². The molecule has 0 aromatic heterocycles. The van der Waals surface area contributed by atoms with Crippen LogP contribution in [0.15, 0.2) is 0 Å². The van der Waals surface area contributed by atoms with Crippen LogP contribution >= 0.6 is 7.82 Å². The summed E-state index contributed by atoms with van der Waals surface area (Å²) in [4.78, 5) is 9.52. The van der Waals surface area contributed by atoms with Gasteiger partial charge in [0, 0.05) is 13.2 Å². The third-order valence-corrected chi connectivity index (χ3v) is 4.18. The number of phosphoric ester groups is 1. The van der Waals surface area contributed by atoms with Crippen molar-refractivity contribution in [1.82, 2.24) is 0 Å². The zero-order valence-electron chi connectivity index (χ0n) is 14.8. The van der Waals surface area contributed by atoms with Crippen LogP contribution in [0.4, 0.5) is 0 Å². The second-order valence-corrected chi connectivity index (χ2v) is 7.92. The summed E-state index contributed by atoms with van der Waals surface area (Å²) < 4.78 is 27.5. The molecule has 0 aliphatic rings. The summed E-state index contributed by atoms with van der Waals surface area (Å²) in [5.74, 6) is 0. The fourth-order valence-corrected chi connectivity index (χ4v) is 2.55. The molecule has 1 N–H and O–H groups in total. The summed E-state index contributed by atoms with van der Waals surface area (Å²) in [6, 6.07) is 0. The maximum atomic E-state index is 11.6. The minimum atomic E-state index is -3.88. The fraction of sp³-hybridized carbons (Fsp3) is 1.00. The standard InChI is InChI=1S/C15H34NO5P/c1-5-19-13-10-8-6-7-9-11-14-20-22(17,18)21-15-12-16(2,3)4/h5-15H2,1-4H3/p+1. The molecule has 134 valence electrons. The second kappa shape index (κ2) is 12.5. The van der Waals surface area contributed by atoms with Gasteiger partial charge in [0.1, 0.15) is 13.2 Å². The van der Waals surface area contributed by atoms with Crippen molar-refractivity contribution in [3.05, 3.63) is 0 Å². The fourth-order valence-electron chi connectivity index (χ4n) is 1.80. The van der Waals surface area contributed by atoms with E-state index in [4.69, 9.17) is 13.8 Å². The molecule has 1 unspecified atom stereocenters. The molecule has 0 heterocycles. The molecular weight excluding hydrogens is 305 g/mol. The van der Waals surface area contributed by atoms with E-state index in [1.54, 1.807) is 0 Å². The van der Waals surface area contributed by atoms with Gasteiger partial charge in [-0.2, -0.15) is 0 Å². The van der Waals surface area contributed by atoms with Crippen molar-refractivity contribution in [2.75, 3.05) is 54.1 Å². The number of ether oxygens (including phenoxy) is 1. The number of hydrogen-bond acceptors (Lipinski definition) is 4. The van der Waals surface area contributed by atoms with E-state index in [0.717, 1.165) is 38.9 Å². The SMILES string of the molecule is CCOCCCCCCCCOP(=O)(O)OCC[N+](C)(C)C. The lowest BCUT2D eigenvalue weighted by molar-refractivity contribution is -0.870. The molecule has 6 nitrogen and oxygen atoms in total. The predicted molar refractivity (Wildman–Crippen MR) is 88.8 cm³/mol. The highest BCUT2D eigenvalue weighted by atomic mass is 31.2. The summed E-state index contributed by atoms with van der Waals surface area (Å²) in [5, 5.41) is 0. The molecule has 0 rings (SSSR count). The number of likely N-dealkylation sites (N-methyl/N-ethyl adjacent to an activating group) is 1. The first-order chi connectivity index (χ1) is 10.3. The number of quaternary nitrogens is 1. The normalized spacial score (nSPS) is 15.0. The van der Waals surface area contributed by atoms with Gasteiger partial charge in [-0.25, -0.2) is 4.57 Å². The molecule has 0 amide bonds. The number of nitrogens with zero attached hydrogens (tertiary/aromatic N) is 1. The molecule has 0 spiro atoms. The Morgan fingerprint density at radius 3 is 1.91 bits per heavy atom. The van der Waals surface area contributed by atoms with Crippen LogP contribution in [0.2, 0.25) is 0 Å². The van der Waals surface area contributed by atoms with Crippen molar-refractivity contribution >= 4 is 7.82 Å². The first-order valence-corrected chi connectivity index (χ1v) is 9.76. The van der Waals surface area contributed by atoms with Gasteiger partial charge in [-0.05, 0) is 19.8 Å². The van der Waals surface area contributed by atoms with Crippen LogP contribution in [-0.4, -0.2) is 63.5 Å². The molecule has 22 heavy (non-hydrogen) atoms. The van der Waals surface area contributed by atoms with Gasteiger partial charge in [0.2, 0.25) is 0 Å². The quantitative estimate of drug-likeness (QED) is 0.282. The molecule has 0 saturated carbocycles. The van der Waals surface area contributed by atoms with Gasteiger partial charge < -0.3 is 14.1 Å². The maximum absolute atomic E-state index is 11.6. The van der Waals surface area contributed by atoms with Gasteiger partial charge in [-0.3, -0.25) is 9.05 Å². The average molecular weight is 340 g/mol. The van der Waals surface area contributed by atoms with Crippen molar-refractivity contribution in [2.24, 2.45) is 0 Å². The zero-order valence-corrected chi connectivity index (χ0v) is 15.6. The van der Waals surface area contributed by atoms with Crippen LogP contribution in [-0.2, 0) is 18.3 Å². The van der Waals surface area contributed by atoms with Gasteiger partial charge in [0.15, 0.2) is 0 Å². The zero-order chi connectivity index (χ0) is 16.9. The van der Waals surface area contributed by atoms with Crippen LogP contribution in [0.25, 0.3) is 0 Å². The van der Waals surface area contributed by atoms with Crippen molar-refractivity contribution in [3.63, 3.8) is 0 Å². The summed E-state index contributed by atoms with van der Waals surface area (Å²) in [6.07, 6.45) is 6.36. The third-order valence-electron chi connectivity index (χ3n) is 3.16. The Balaban J connectivity index is 3.43. The molecule has 0 bridgehead atoms. The molecule has 0 aliphatic heterocycles. The van der Waals surface area contributed by atoms with Crippen LogP contribution in [0, 0.1) is 0 Å². The van der Waals surface area contributed by atoms with Gasteiger partial charge in [0.05, 0.1) is 27.7 Å². The van der Waals surface area contributed by atoms with E-state index in [-0.39, 0.29) is 13.2 Å². The largest absolute Gasteiger partial charge is 0.472 e. The highest BCUT2D eigenvalue weighted by molar-refractivity contribution is 7.47. The summed E-state index contributed by atoms with van der Waals surface area (Å²) in [7, 11) is 2.12. The minimum Gasteiger partial charge on any atom is -0.382 e. The Labute approximate surface area is 136 Å². The Morgan fingerprint density at radius 1 is 0.864 bits per heavy atom. The minimum absolute atomic E-state index is 0.219. The third kappa shape index (κ3) is 16.4. The smallest absolute Gasteiger partial charge is 0.382 e. The molecular formula is C15H35NO5P+. The number of unbranched alkanes of at least 4 members (excludes halogenated alkanes) is 5. The Hall–Kier alpha value is 0.0300. The molecule has 0 aliphatic carbocycles. The second-order valence-electron chi connectivity index (χ2n) is 6.47. The molecule has 0 radical (unpaired) electrons. The van der Waals surface area contributed by atoms with E-state index < -0.39 is 7.82 Å². The lowest BCUT2D eigenvalue weighted by Crippen LogP contribution is -2.37. The van der Waals surface area contributed by atoms with Crippen molar-refractivity contribution in [2.45, 2.75) is 45.4 Å². The molecule has 0 aromatic rings. The number of rotatable bonds is 15. The van der Waals surface area contributed by atoms with Gasteiger partial charge in [0.25, 0.3) is 0 Å². The Kier molecular flexibility index (Phi) is 12.5. The Morgan fingerprint density at radius 2 is 1.36 bits per heavy atom. The number of phosphoric acid groups is 1. The number of hydrogen-bond donors (Lipinski definition) is 1. The Bertz CT molecular complexity index is 307. The first kappa shape index (κ1) is 22.0. The van der Waals surface area contributed by atoms with Gasteiger partial charge >= 0.3 is 7.82 Å². The van der Waals surface area contributed by atoms with Gasteiger partial charge in [-0.15, -0.1) is 0 Å². The van der Waals surface area contributed by atoms with Crippen LogP contribution < -0.4 is 0 Å². The van der Waals surface area contributed by atoms with Crippen LogP contribution in [0.1, 0.15) is 45.4 Å². The highest BCUT2D eigenvalue weighted by Gasteiger charge is 2.21. The van der Waals surface area contributed by atoms with Crippen molar-refractivity contribution in [3.8, 4) is 0 Å². The molecule has 0 aromatic carbocycles. The van der Waals surface area contributed by atoms with E-state index in [0.29, 0.717) is 11.0 Å². The lowest BCUT2D eigenvalue weighted by atomic mass is 10.1. The maximum Gasteiger partial charge on any atom is 0.472 e. The summed E-state index contributed by atoms with van der Waals surface area (Å²) in [6.45, 7) is 4.79. The summed E-state index contributed by atoms with van der Waals surface area (Å²) >= 11 is 0. The van der Waals surface area contributed by atoms with E-state index in [9.17, 15) is 9.46 Å². The topological polar surface area (TPSA) is 65.0 Å². The lowest BCUT2D eigenvalue weighted by Gasteiger charge is -2.24. The van der Waals surface area contributed by atoms with E-state index in [1.165, 1.54) is 12.8 Å². The molecule has 1 atom stereocenters. The van der Waals surface area contributed by atoms with Crippen molar-refractivity contribution < 1.29 is 27.7 Å². The van der Waals surface area contributed by atoms with Crippen LogP contribution in [0.3, 0.4) is 0 Å². The molecule has 0 saturated heterocycles. The molecule has 7 heteroatoms. The van der Waals surface area contributed by atoms with Crippen molar-refractivity contribution in [1.29, 1.82) is 0 Å². The summed E-state index contributed by atoms with van der Waals surface area (Å²) in [5.41, 5.74) is 0. The van der Waals surface area contributed by atoms with Gasteiger partial charge in [-0.1, -0.05) is 25.7 Å². The molecule has 0 fully saturated rings.